The fourth-order valence-electron chi connectivity index (χ4n) is 8.39. The minimum Gasteiger partial charge on any atom is -0.454 e. The number of hydrogen-bond acceptors (Lipinski definition) is 3. The molecule has 4 heteroatoms. The van der Waals surface area contributed by atoms with Crippen LogP contribution in [0, 0.1) is 0 Å². The van der Waals surface area contributed by atoms with Gasteiger partial charge in [-0.3, -0.25) is 4.40 Å². The van der Waals surface area contributed by atoms with E-state index < -0.39 is 0 Å². The van der Waals surface area contributed by atoms with E-state index in [-0.39, 0.29) is 11.5 Å². The Kier molecular flexibility index (Phi) is 4.18. The molecule has 0 bridgehead atoms. The summed E-state index contributed by atoms with van der Waals surface area (Å²) >= 11 is 0. The minimum atomic E-state index is -0.0179. The van der Waals surface area contributed by atoms with Crippen molar-refractivity contribution in [1.82, 2.24) is 4.40 Å². The van der Waals surface area contributed by atoms with Gasteiger partial charge < -0.3 is 9.73 Å². The summed E-state index contributed by atoms with van der Waals surface area (Å²) in [6, 6.07) is 33.5. The lowest BCUT2D eigenvalue weighted by atomic mass is 9.82. The molecule has 3 aliphatic rings. The lowest BCUT2D eigenvalue weighted by Gasteiger charge is -2.23. The topological polar surface area (TPSA) is 41.9 Å². The summed E-state index contributed by atoms with van der Waals surface area (Å²) in [6.07, 6.45) is 8.46. The highest BCUT2D eigenvalue weighted by molar-refractivity contribution is 6.28. The summed E-state index contributed by atoms with van der Waals surface area (Å²) in [7, 11) is 0. The number of aliphatic imine (C=N–C) groups is 1. The van der Waals surface area contributed by atoms with Crippen LogP contribution in [-0.4, -0.2) is 16.2 Å². The van der Waals surface area contributed by atoms with Gasteiger partial charge in [-0.1, -0.05) is 92.7 Å². The number of nitrogens with zero attached hydrogens (tertiary/aromatic N) is 2. The second-order valence-corrected chi connectivity index (χ2v) is 13.2. The number of hydrogen-bond donors (Lipinski definition) is 1. The van der Waals surface area contributed by atoms with E-state index in [4.69, 9.17) is 9.41 Å². The minimum absolute atomic E-state index is 0.0179. The van der Waals surface area contributed by atoms with Gasteiger partial charge in [-0.25, -0.2) is 4.99 Å². The molecule has 0 saturated carbocycles. The molecule has 0 spiro atoms. The van der Waals surface area contributed by atoms with E-state index in [1.54, 1.807) is 0 Å². The van der Waals surface area contributed by atoms with Crippen LogP contribution in [0.3, 0.4) is 0 Å². The molecule has 3 aromatic heterocycles. The second kappa shape index (κ2) is 7.91. The lowest BCUT2D eigenvalue weighted by Crippen LogP contribution is -2.30. The molecule has 45 heavy (non-hydrogen) atoms. The molecule has 0 radical (unpaired) electrons. The number of para-hydroxylation sites is 1. The Bertz CT molecular complexity index is 2710. The Morgan fingerprint density at radius 1 is 0.711 bits per heavy atom. The van der Waals surface area contributed by atoms with Crippen LogP contribution < -0.4 is 5.32 Å². The van der Waals surface area contributed by atoms with Crippen LogP contribution in [0.15, 0.2) is 125 Å². The molecule has 1 aliphatic heterocycles. The fourth-order valence-corrected chi connectivity index (χ4v) is 8.39. The van der Waals surface area contributed by atoms with Crippen LogP contribution >= 0.6 is 0 Å². The first-order valence-electron chi connectivity index (χ1n) is 15.7. The highest BCUT2D eigenvalue weighted by Gasteiger charge is 2.35. The monoisotopic (exact) mass is 577 g/mol. The van der Waals surface area contributed by atoms with Gasteiger partial charge in [0, 0.05) is 32.3 Å². The van der Waals surface area contributed by atoms with Crippen molar-refractivity contribution in [2.45, 2.75) is 25.3 Å². The molecule has 4 heterocycles. The second-order valence-electron chi connectivity index (χ2n) is 13.2. The Labute approximate surface area is 258 Å². The van der Waals surface area contributed by atoms with Gasteiger partial charge >= 0.3 is 0 Å². The molecule has 1 atom stereocenters. The number of benzene rings is 5. The van der Waals surface area contributed by atoms with Crippen LogP contribution in [0.2, 0.25) is 0 Å². The van der Waals surface area contributed by atoms with Gasteiger partial charge in [0.05, 0.1) is 22.8 Å². The summed E-state index contributed by atoms with van der Waals surface area (Å²) in [6.45, 7) is 4.67. The maximum Gasteiger partial charge on any atom is 0.160 e. The molecule has 8 aromatic rings. The highest BCUT2D eigenvalue weighted by Crippen LogP contribution is 2.52. The van der Waals surface area contributed by atoms with Crippen molar-refractivity contribution in [3.63, 3.8) is 0 Å². The van der Waals surface area contributed by atoms with Crippen LogP contribution in [-0.2, 0) is 5.41 Å². The van der Waals surface area contributed by atoms with Gasteiger partial charge in [0.1, 0.15) is 17.1 Å². The molecule has 0 fully saturated rings. The Morgan fingerprint density at radius 3 is 2.49 bits per heavy atom. The SMILES string of the molecule is CC1(C)c2ccccc2-c2cc(-c3cc4c5c(n6c4c(c3)c3ccc4c7ccccc7oc4c36)NC3C=CC=CC3=N5)ccc21. The third kappa shape index (κ3) is 2.86. The van der Waals surface area contributed by atoms with Crippen molar-refractivity contribution in [3.8, 4) is 22.3 Å². The number of fused-ring (bicyclic) bond motifs is 14. The van der Waals surface area contributed by atoms with Gasteiger partial charge in [0.2, 0.25) is 0 Å². The summed E-state index contributed by atoms with van der Waals surface area (Å²) in [5.41, 5.74) is 14.0. The maximum absolute atomic E-state index is 6.63. The van der Waals surface area contributed by atoms with E-state index in [0.717, 1.165) is 50.1 Å². The third-order valence-electron chi connectivity index (χ3n) is 10.5. The number of furan rings is 1. The van der Waals surface area contributed by atoms with Gasteiger partial charge in [-0.05, 0) is 69.8 Å². The van der Waals surface area contributed by atoms with Crippen LogP contribution in [0.1, 0.15) is 25.0 Å². The zero-order valence-electron chi connectivity index (χ0n) is 24.8. The molecule has 1 N–H and O–H groups in total. The van der Waals surface area contributed by atoms with Crippen molar-refractivity contribution in [2.75, 3.05) is 5.32 Å². The van der Waals surface area contributed by atoms with Crippen molar-refractivity contribution >= 4 is 66.3 Å². The van der Waals surface area contributed by atoms with E-state index in [0.29, 0.717) is 0 Å². The molecule has 2 aliphatic carbocycles. The summed E-state index contributed by atoms with van der Waals surface area (Å²) in [4.78, 5) is 5.29. The molecule has 212 valence electrons. The molecule has 0 saturated heterocycles. The first kappa shape index (κ1) is 23.8. The summed E-state index contributed by atoms with van der Waals surface area (Å²) in [5, 5.41) is 9.67. The van der Waals surface area contributed by atoms with Gasteiger partial charge in [0.15, 0.2) is 5.58 Å². The molecule has 0 amide bonds. The normalized spacial score (nSPS) is 17.6. The Balaban J connectivity index is 1.25. The summed E-state index contributed by atoms with van der Waals surface area (Å²) in [5.74, 6) is 1.02. The van der Waals surface area contributed by atoms with Gasteiger partial charge in [-0.2, -0.15) is 0 Å². The Morgan fingerprint density at radius 2 is 1.53 bits per heavy atom. The Hall–Kier alpha value is -5.61. The largest absolute Gasteiger partial charge is 0.454 e. The average Bonchev–Trinajstić information content (AvgIpc) is 3.78. The average molecular weight is 578 g/mol. The van der Waals surface area contributed by atoms with Crippen molar-refractivity contribution in [2.24, 2.45) is 4.99 Å². The smallest absolute Gasteiger partial charge is 0.160 e. The number of rotatable bonds is 1. The standard InChI is InChI=1S/C41H27N3O/c1-41(2)31-11-5-3-9-24(31)28-19-22(15-18-32(28)41)23-20-29-26-16-17-27-25-10-4-8-14-35(25)45-39(27)38(26)44-37(29)30(21-23)36-40(44)43-34-13-7-6-12-33(34)42-36/h3-21,34,43H,1-2H3. The fraction of sp³-hybridized carbons (Fsp3) is 0.0976. The van der Waals surface area contributed by atoms with E-state index in [1.165, 1.54) is 49.7 Å². The first-order chi connectivity index (χ1) is 22.1. The highest BCUT2D eigenvalue weighted by atomic mass is 16.3. The zero-order chi connectivity index (χ0) is 29.6. The zero-order valence-corrected chi connectivity index (χ0v) is 24.8. The number of nitrogens with one attached hydrogen (secondary N) is 1. The number of allylic oxidation sites excluding steroid dienone is 2. The van der Waals surface area contributed by atoms with Crippen LogP contribution in [0.25, 0.3) is 71.4 Å². The third-order valence-corrected chi connectivity index (χ3v) is 10.5. The molecule has 1 unspecified atom stereocenters. The molecule has 5 aromatic carbocycles. The van der Waals surface area contributed by atoms with E-state index in [9.17, 15) is 0 Å². The first-order valence-corrected chi connectivity index (χ1v) is 15.7. The van der Waals surface area contributed by atoms with Crippen molar-refractivity contribution in [1.29, 1.82) is 0 Å². The van der Waals surface area contributed by atoms with Gasteiger partial charge in [-0.15, -0.1) is 0 Å². The number of aromatic nitrogens is 1. The van der Waals surface area contributed by atoms with Gasteiger partial charge in [0.25, 0.3) is 0 Å². The van der Waals surface area contributed by atoms with Crippen LogP contribution in [0.5, 0.6) is 0 Å². The molecule has 4 nitrogen and oxygen atoms in total. The quantitative estimate of drug-likeness (QED) is 0.211. The molecular formula is C41H27N3O. The van der Waals surface area contributed by atoms with Crippen molar-refractivity contribution in [3.05, 3.63) is 126 Å². The van der Waals surface area contributed by atoms with E-state index in [2.05, 4.69) is 133 Å². The van der Waals surface area contributed by atoms with E-state index in [1.807, 2.05) is 6.07 Å². The molecule has 11 rings (SSSR count). The number of anilines is 1. The van der Waals surface area contributed by atoms with Crippen molar-refractivity contribution < 1.29 is 4.42 Å². The predicted molar refractivity (Wildman–Crippen MR) is 187 cm³/mol. The lowest BCUT2D eigenvalue weighted by molar-refractivity contribution is 0.660. The summed E-state index contributed by atoms with van der Waals surface area (Å²) < 4.78 is 9.01. The molecular weight excluding hydrogens is 550 g/mol. The maximum atomic E-state index is 6.63. The van der Waals surface area contributed by atoms with Crippen LogP contribution in [0.4, 0.5) is 11.5 Å². The van der Waals surface area contributed by atoms with E-state index >= 15 is 0 Å². The predicted octanol–water partition coefficient (Wildman–Crippen LogP) is 10.5.